The zero-order valence-electron chi connectivity index (χ0n) is 17.6. The van der Waals surface area contributed by atoms with Crippen LogP contribution in [0.15, 0.2) is 24.3 Å². The molecule has 28 heavy (non-hydrogen) atoms. The number of piperidine rings is 1. The lowest BCUT2D eigenvalue weighted by Crippen LogP contribution is -2.51. The van der Waals surface area contributed by atoms with E-state index in [0.717, 1.165) is 43.4 Å². The number of carbonyl (C=O) groups excluding carboxylic acids is 1. The second-order valence-electron chi connectivity index (χ2n) is 9.12. The van der Waals surface area contributed by atoms with Crippen molar-refractivity contribution < 1.29 is 4.79 Å². The molecule has 1 aliphatic heterocycles. The van der Waals surface area contributed by atoms with Gasteiger partial charge in [0.1, 0.15) is 0 Å². The van der Waals surface area contributed by atoms with Gasteiger partial charge in [-0.1, -0.05) is 63.3 Å². The maximum absolute atomic E-state index is 13.1. The van der Waals surface area contributed by atoms with Crippen LogP contribution in [-0.2, 0) is 4.79 Å². The SMILES string of the molecule is CC(C)[C@@H](NCCCC1CCCC1)C(=O)N1CCC(c2ccc(Cl)cc2)CC1. The minimum absolute atomic E-state index is 0.0457. The summed E-state index contributed by atoms with van der Waals surface area (Å²) in [5, 5.41) is 4.37. The van der Waals surface area contributed by atoms with Crippen molar-refractivity contribution in [2.75, 3.05) is 19.6 Å². The predicted molar refractivity (Wildman–Crippen MR) is 118 cm³/mol. The van der Waals surface area contributed by atoms with Crippen LogP contribution in [0.3, 0.4) is 0 Å². The maximum atomic E-state index is 13.1. The maximum Gasteiger partial charge on any atom is 0.239 e. The van der Waals surface area contributed by atoms with E-state index in [1.165, 1.54) is 44.1 Å². The number of amides is 1. The molecule has 4 heteroatoms. The standard InChI is InChI=1S/C24H37ClN2O/c1-18(2)23(26-15-5-8-19-6-3-4-7-19)24(28)27-16-13-21(14-17-27)20-9-11-22(25)12-10-20/h9-12,18-19,21,23,26H,3-8,13-17H2,1-2H3/t23-/m1/s1. The highest BCUT2D eigenvalue weighted by Gasteiger charge is 2.30. The van der Waals surface area contributed by atoms with Gasteiger partial charge in [-0.3, -0.25) is 4.79 Å². The summed E-state index contributed by atoms with van der Waals surface area (Å²) < 4.78 is 0. The van der Waals surface area contributed by atoms with Crippen LogP contribution in [0.2, 0.25) is 5.02 Å². The van der Waals surface area contributed by atoms with Crippen LogP contribution in [0, 0.1) is 11.8 Å². The molecule has 1 amide bonds. The number of carbonyl (C=O) groups is 1. The van der Waals surface area contributed by atoms with Crippen LogP contribution in [0.1, 0.15) is 76.7 Å². The number of nitrogens with zero attached hydrogens (tertiary/aromatic N) is 1. The highest BCUT2D eigenvalue weighted by Crippen LogP contribution is 2.30. The van der Waals surface area contributed by atoms with Gasteiger partial charge in [0.15, 0.2) is 0 Å². The normalized spacial score (nSPS) is 20.1. The lowest BCUT2D eigenvalue weighted by atomic mass is 9.89. The molecule has 1 aromatic rings. The van der Waals surface area contributed by atoms with E-state index in [9.17, 15) is 4.79 Å². The lowest BCUT2D eigenvalue weighted by Gasteiger charge is -2.35. The van der Waals surface area contributed by atoms with E-state index in [1.807, 2.05) is 12.1 Å². The molecule has 1 saturated heterocycles. The van der Waals surface area contributed by atoms with Gasteiger partial charge in [-0.15, -0.1) is 0 Å². The largest absolute Gasteiger partial charge is 0.341 e. The van der Waals surface area contributed by atoms with Crippen LogP contribution >= 0.6 is 11.6 Å². The van der Waals surface area contributed by atoms with Crippen molar-refractivity contribution in [1.29, 1.82) is 0 Å². The Kier molecular flexibility index (Phi) is 8.23. The van der Waals surface area contributed by atoms with Gasteiger partial charge in [-0.2, -0.15) is 0 Å². The van der Waals surface area contributed by atoms with Crippen LogP contribution in [-0.4, -0.2) is 36.5 Å². The van der Waals surface area contributed by atoms with Gasteiger partial charge in [-0.25, -0.2) is 0 Å². The molecule has 0 radical (unpaired) electrons. The Bertz CT molecular complexity index is 602. The average Bonchev–Trinajstić information content (AvgIpc) is 3.21. The summed E-state index contributed by atoms with van der Waals surface area (Å²) in [5.74, 6) is 2.10. The first-order valence-corrected chi connectivity index (χ1v) is 11.7. The smallest absolute Gasteiger partial charge is 0.239 e. The van der Waals surface area contributed by atoms with Crippen LogP contribution < -0.4 is 5.32 Å². The second kappa shape index (κ2) is 10.6. The van der Waals surface area contributed by atoms with Crippen molar-refractivity contribution in [2.24, 2.45) is 11.8 Å². The number of benzene rings is 1. The quantitative estimate of drug-likeness (QED) is 0.569. The third-order valence-corrected chi connectivity index (χ3v) is 6.96. The fraction of sp³-hybridized carbons (Fsp3) is 0.708. The molecule has 3 rings (SSSR count). The zero-order chi connectivity index (χ0) is 19.9. The van der Waals surface area contributed by atoms with Crippen molar-refractivity contribution in [3.8, 4) is 0 Å². The molecule has 1 N–H and O–H groups in total. The van der Waals surface area contributed by atoms with E-state index in [1.54, 1.807) is 0 Å². The Hall–Kier alpha value is -1.06. The van der Waals surface area contributed by atoms with Crippen molar-refractivity contribution in [2.45, 2.75) is 77.2 Å². The molecule has 2 aliphatic rings. The van der Waals surface area contributed by atoms with Crippen LogP contribution in [0.4, 0.5) is 0 Å². The zero-order valence-corrected chi connectivity index (χ0v) is 18.4. The van der Waals surface area contributed by atoms with Gasteiger partial charge in [0.25, 0.3) is 0 Å². The third-order valence-electron chi connectivity index (χ3n) is 6.71. The molecule has 1 aliphatic carbocycles. The van der Waals surface area contributed by atoms with E-state index < -0.39 is 0 Å². The molecular weight excluding hydrogens is 368 g/mol. The van der Waals surface area contributed by atoms with Gasteiger partial charge in [0, 0.05) is 18.1 Å². The van der Waals surface area contributed by atoms with Crippen molar-refractivity contribution >= 4 is 17.5 Å². The predicted octanol–water partition coefficient (Wildman–Crippen LogP) is 5.63. The van der Waals surface area contributed by atoms with E-state index in [2.05, 4.69) is 36.2 Å². The third kappa shape index (κ3) is 5.97. The van der Waals surface area contributed by atoms with Crippen molar-refractivity contribution in [3.05, 3.63) is 34.9 Å². The van der Waals surface area contributed by atoms with E-state index in [-0.39, 0.29) is 6.04 Å². The topological polar surface area (TPSA) is 32.3 Å². The highest BCUT2D eigenvalue weighted by molar-refractivity contribution is 6.30. The molecular formula is C24H37ClN2O. The van der Waals surface area contributed by atoms with Crippen LogP contribution in [0.25, 0.3) is 0 Å². The number of halogens is 1. The van der Waals surface area contributed by atoms with Crippen LogP contribution in [0.5, 0.6) is 0 Å². The summed E-state index contributed by atoms with van der Waals surface area (Å²) in [6.45, 7) is 7.00. The van der Waals surface area contributed by atoms with E-state index >= 15 is 0 Å². The minimum Gasteiger partial charge on any atom is -0.341 e. The van der Waals surface area contributed by atoms with Gasteiger partial charge < -0.3 is 10.2 Å². The molecule has 1 atom stereocenters. The lowest BCUT2D eigenvalue weighted by molar-refractivity contribution is -0.135. The Labute approximate surface area is 176 Å². The summed E-state index contributed by atoms with van der Waals surface area (Å²) in [6.07, 6.45) is 10.2. The molecule has 0 bridgehead atoms. The first-order valence-electron chi connectivity index (χ1n) is 11.3. The highest BCUT2D eigenvalue weighted by atomic mass is 35.5. The molecule has 2 fully saturated rings. The number of rotatable bonds is 8. The molecule has 1 saturated carbocycles. The molecule has 0 aromatic heterocycles. The summed E-state index contributed by atoms with van der Waals surface area (Å²) >= 11 is 6.01. The van der Waals surface area contributed by atoms with Gasteiger partial charge in [-0.05, 0) is 67.7 Å². The Morgan fingerprint density at radius 2 is 1.75 bits per heavy atom. The summed E-state index contributed by atoms with van der Waals surface area (Å²) in [4.78, 5) is 15.2. The molecule has 1 heterocycles. The van der Waals surface area contributed by atoms with E-state index in [0.29, 0.717) is 17.7 Å². The Morgan fingerprint density at radius 3 is 2.36 bits per heavy atom. The monoisotopic (exact) mass is 404 g/mol. The first-order chi connectivity index (χ1) is 13.5. The van der Waals surface area contributed by atoms with Gasteiger partial charge in [0.05, 0.1) is 6.04 Å². The molecule has 0 spiro atoms. The first kappa shape index (κ1) is 21.6. The number of hydrogen-bond donors (Lipinski definition) is 1. The fourth-order valence-corrected chi connectivity index (χ4v) is 5.05. The summed E-state index contributed by atoms with van der Waals surface area (Å²) in [6, 6.07) is 8.16. The van der Waals surface area contributed by atoms with Gasteiger partial charge >= 0.3 is 0 Å². The second-order valence-corrected chi connectivity index (χ2v) is 9.56. The van der Waals surface area contributed by atoms with E-state index in [4.69, 9.17) is 11.6 Å². The molecule has 0 unspecified atom stereocenters. The number of likely N-dealkylation sites (tertiary alicyclic amines) is 1. The van der Waals surface area contributed by atoms with Crippen molar-refractivity contribution in [3.63, 3.8) is 0 Å². The van der Waals surface area contributed by atoms with Crippen molar-refractivity contribution in [1.82, 2.24) is 10.2 Å². The number of nitrogens with one attached hydrogen (secondary N) is 1. The average molecular weight is 405 g/mol. The Balaban J connectivity index is 1.44. The molecule has 156 valence electrons. The van der Waals surface area contributed by atoms with Gasteiger partial charge in [0.2, 0.25) is 5.91 Å². The fourth-order valence-electron chi connectivity index (χ4n) is 4.92. The molecule has 3 nitrogen and oxygen atoms in total. The molecule has 1 aromatic carbocycles. The Morgan fingerprint density at radius 1 is 1.11 bits per heavy atom. The number of hydrogen-bond acceptors (Lipinski definition) is 2. The summed E-state index contributed by atoms with van der Waals surface area (Å²) in [5.41, 5.74) is 1.35. The minimum atomic E-state index is -0.0457. The summed E-state index contributed by atoms with van der Waals surface area (Å²) in [7, 11) is 0.